The van der Waals surface area contributed by atoms with Crippen LogP contribution in [0.5, 0.6) is 0 Å². The molecule has 0 aliphatic rings. The molecule has 0 saturated carbocycles. The van der Waals surface area contributed by atoms with E-state index in [1.165, 1.54) is 0 Å². The summed E-state index contributed by atoms with van der Waals surface area (Å²) in [6.07, 6.45) is 4.05. The Morgan fingerprint density at radius 2 is 1.65 bits per heavy atom. The van der Waals surface area contributed by atoms with E-state index in [9.17, 15) is 9.59 Å². The Morgan fingerprint density at radius 1 is 1.06 bits per heavy atom. The number of hydrogen-bond acceptors (Lipinski definition) is 4. The molecule has 0 spiro atoms. The molecule has 0 rings (SSSR count). The van der Waals surface area contributed by atoms with Gasteiger partial charge in [-0.2, -0.15) is 0 Å². The lowest BCUT2D eigenvalue weighted by Gasteiger charge is -2.15. The Hall–Kier alpha value is -1.14. The minimum atomic E-state index is -0.166. The normalized spacial score (nSPS) is 13.9. The summed E-state index contributed by atoms with van der Waals surface area (Å²) < 4.78 is 0. The van der Waals surface area contributed by atoms with Crippen LogP contribution in [0.1, 0.15) is 46.0 Å². The molecule has 0 aromatic rings. The van der Waals surface area contributed by atoms with E-state index in [1.54, 1.807) is 0 Å². The van der Waals surface area contributed by atoms with Crippen molar-refractivity contribution in [2.45, 2.75) is 46.0 Å². The Morgan fingerprint density at radius 3 is 2.12 bits per heavy atom. The lowest BCUT2D eigenvalue weighted by molar-refractivity contribution is -0.125. The number of nitrogens with one attached hydrogen (secondary N) is 2. The molecule has 6 heteroatoms. The molecule has 0 saturated heterocycles. The van der Waals surface area contributed by atoms with E-state index in [0.717, 1.165) is 32.1 Å². The van der Waals surface area contributed by atoms with Crippen molar-refractivity contribution < 1.29 is 9.59 Å². The second-order valence-electron chi connectivity index (χ2n) is 4.33. The SMILES string of the molecule is CCCC(CCCC(C)C(=O)NN)C(=O)NN. The zero-order valence-electron chi connectivity index (χ0n) is 10.7. The molecule has 0 aromatic carbocycles. The molecule has 0 bridgehead atoms. The van der Waals surface area contributed by atoms with Crippen LogP contribution in [0.3, 0.4) is 0 Å². The van der Waals surface area contributed by atoms with Crippen molar-refractivity contribution in [3.8, 4) is 0 Å². The average molecular weight is 244 g/mol. The fourth-order valence-corrected chi connectivity index (χ4v) is 1.82. The number of rotatable bonds is 8. The molecule has 6 N–H and O–H groups in total. The van der Waals surface area contributed by atoms with Gasteiger partial charge in [0.15, 0.2) is 0 Å². The van der Waals surface area contributed by atoms with Crippen LogP contribution in [0.4, 0.5) is 0 Å². The van der Waals surface area contributed by atoms with E-state index in [0.29, 0.717) is 0 Å². The van der Waals surface area contributed by atoms with Crippen molar-refractivity contribution in [1.29, 1.82) is 0 Å². The topological polar surface area (TPSA) is 110 Å². The third-order valence-corrected chi connectivity index (χ3v) is 2.93. The molecule has 0 aromatic heterocycles. The predicted molar refractivity (Wildman–Crippen MR) is 66.1 cm³/mol. The van der Waals surface area contributed by atoms with E-state index in [4.69, 9.17) is 11.7 Å². The van der Waals surface area contributed by atoms with Crippen molar-refractivity contribution >= 4 is 11.8 Å². The third-order valence-electron chi connectivity index (χ3n) is 2.93. The molecule has 2 unspecified atom stereocenters. The van der Waals surface area contributed by atoms with Gasteiger partial charge in [-0.25, -0.2) is 11.7 Å². The first-order chi connectivity index (χ1) is 8.06. The number of carbonyl (C=O) groups is 2. The van der Waals surface area contributed by atoms with E-state index < -0.39 is 0 Å². The maximum atomic E-state index is 11.4. The molecule has 2 amide bonds. The minimum Gasteiger partial charge on any atom is -0.294 e. The molecule has 0 radical (unpaired) electrons. The summed E-state index contributed by atoms with van der Waals surface area (Å²) in [7, 11) is 0. The predicted octanol–water partition coefficient (Wildman–Crippen LogP) is 0.189. The van der Waals surface area contributed by atoms with E-state index in [1.807, 2.05) is 13.8 Å². The molecule has 0 heterocycles. The van der Waals surface area contributed by atoms with Gasteiger partial charge in [0, 0.05) is 11.8 Å². The van der Waals surface area contributed by atoms with Crippen molar-refractivity contribution in [3.63, 3.8) is 0 Å². The summed E-state index contributed by atoms with van der Waals surface area (Å²) in [5.41, 5.74) is 4.31. The van der Waals surface area contributed by atoms with Crippen LogP contribution in [-0.2, 0) is 9.59 Å². The number of amides is 2. The van der Waals surface area contributed by atoms with Gasteiger partial charge in [0.25, 0.3) is 0 Å². The number of hydrazine groups is 2. The van der Waals surface area contributed by atoms with Gasteiger partial charge in [0.1, 0.15) is 0 Å². The molecule has 100 valence electrons. The molecule has 6 nitrogen and oxygen atoms in total. The molecule has 0 aliphatic heterocycles. The highest BCUT2D eigenvalue weighted by molar-refractivity contribution is 5.78. The van der Waals surface area contributed by atoms with Gasteiger partial charge in [-0.3, -0.25) is 20.4 Å². The van der Waals surface area contributed by atoms with Crippen LogP contribution in [0, 0.1) is 11.8 Å². The first kappa shape index (κ1) is 15.9. The number of carbonyl (C=O) groups excluding carboxylic acids is 2. The van der Waals surface area contributed by atoms with E-state index >= 15 is 0 Å². The maximum absolute atomic E-state index is 11.4. The number of nitrogens with two attached hydrogens (primary N) is 2. The van der Waals surface area contributed by atoms with Gasteiger partial charge >= 0.3 is 0 Å². The Bertz CT molecular complexity index is 246. The zero-order valence-corrected chi connectivity index (χ0v) is 10.7. The fraction of sp³-hybridized carbons (Fsp3) is 0.818. The Labute approximate surface area is 102 Å². The van der Waals surface area contributed by atoms with Crippen LogP contribution >= 0.6 is 0 Å². The highest BCUT2D eigenvalue weighted by Crippen LogP contribution is 2.17. The highest BCUT2D eigenvalue weighted by atomic mass is 16.2. The standard InChI is InChI=1S/C11H24N4O2/c1-3-5-9(11(17)15-13)7-4-6-8(2)10(16)14-12/h8-9H,3-7,12-13H2,1-2H3,(H,14,16)(H,15,17). The summed E-state index contributed by atoms with van der Waals surface area (Å²) >= 11 is 0. The fourth-order valence-electron chi connectivity index (χ4n) is 1.82. The summed E-state index contributed by atoms with van der Waals surface area (Å²) in [6.45, 7) is 3.85. The lowest BCUT2D eigenvalue weighted by atomic mass is 9.93. The average Bonchev–Trinajstić information content (AvgIpc) is 2.35. The minimum absolute atomic E-state index is 0.0573. The van der Waals surface area contributed by atoms with Crippen LogP contribution in [0.25, 0.3) is 0 Å². The molecular weight excluding hydrogens is 220 g/mol. The molecule has 0 fully saturated rings. The highest BCUT2D eigenvalue weighted by Gasteiger charge is 2.17. The smallest absolute Gasteiger partial charge is 0.236 e. The quantitative estimate of drug-likeness (QED) is 0.277. The lowest BCUT2D eigenvalue weighted by Crippen LogP contribution is -2.36. The monoisotopic (exact) mass is 244 g/mol. The van der Waals surface area contributed by atoms with E-state index in [-0.39, 0.29) is 23.7 Å². The molecular formula is C11H24N4O2. The number of hydrogen-bond donors (Lipinski definition) is 4. The van der Waals surface area contributed by atoms with Gasteiger partial charge in [-0.15, -0.1) is 0 Å². The first-order valence-electron chi connectivity index (χ1n) is 6.07. The van der Waals surface area contributed by atoms with Gasteiger partial charge < -0.3 is 0 Å². The Kier molecular flexibility index (Phi) is 8.35. The third kappa shape index (κ3) is 6.23. The second-order valence-corrected chi connectivity index (χ2v) is 4.33. The van der Waals surface area contributed by atoms with Crippen molar-refractivity contribution in [2.75, 3.05) is 0 Å². The summed E-state index contributed by atoms with van der Waals surface area (Å²) in [6, 6.07) is 0. The van der Waals surface area contributed by atoms with Gasteiger partial charge in [0.05, 0.1) is 0 Å². The van der Waals surface area contributed by atoms with Gasteiger partial charge in [-0.05, 0) is 19.3 Å². The molecule has 0 aliphatic carbocycles. The largest absolute Gasteiger partial charge is 0.294 e. The van der Waals surface area contributed by atoms with Crippen LogP contribution in [-0.4, -0.2) is 11.8 Å². The van der Waals surface area contributed by atoms with Crippen molar-refractivity contribution in [2.24, 2.45) is 23.5 Å². The van der Waals surface area contributed by atoms with E-state index in [2.05, 4.69) is 10.9 Å². The summed E-state index contributed by atoms with van der Waals surface area (Å²) in [5, 5.41) is 0. The molecule has 17 heavy (non-hydrogen) atoms. The van der Waals surface area contributed by atoms with Crippen molar-refractivity contribution in [3.05, 3.63) is 0 Å². The Balaban J connectivity index is 3.97. The van der Waals surface area contributed by atoms with Gasteiger partial charge in [0.2, 0.25) is 11.8 Å². The maximum Gasteiger partial charge on any atom is 0.236 e. The first-order valence-corrected chi connectivity index (χ1v) is 6.07. The van der Waals surface area contributed by atoms with Crippen LogP contribution in [0.15, 0.2) is 0 Å². The summed E-state index contributed by atoms with van der Waals surface area (Å²) in [4.78, 5) is 22.6. The van der Waals surface area contributed by atoms with Gasteiger partial charge in [-0.1, -0.05) is 26.7 Å². The molecule has 2 atom stereocenters. The zero-order chi connectivity index (χ0) is 13.3. The van der Waals surface area contributed by atoms with Crippen molar-refractivity contribution in [1.82, 2.24) is 10.9 Å². The second kappa shape index (κ2) is 8.95. The summed E-state index contributed by atoms with van der Waals surface area (Å²) in [5.74, 6) is 9.70. The van der Waals surface area contributed by atoms with Crippen LogP contribution in [0.2, 0.25) is 0 Å². The van der Waals surface area contributed by atoms with Crippen LogP contribution < -0.4 is 22.5 Å².